The second kappa shape index (κ2) is 6.38. The van der Waals surface area contributed by atoms with E-state index >= 15 is 0 Å². The summed E-state index contributed by atoms with van der Waals surface area (Å²) >= 11 is 3.03. The van der Waals surface area contributed by atoms with Crippen molar-refractivity contribution >= 4 is 21.6 Å². The highest BCUT2D eigenvalue weighted by atomic mass is 79.9. The predicted molar refractivity (Wildman–Crippen MR) is 69.2 cm³/mol. The highest BCUT2D eigenvalue weighted by molar-refractivity contribution is 9.10. The Balaban J connectivity index is 3.14. The lowest BCUT2D eigenvalue weighted by Crippen LogP contribution is -2.34. The van der Waals surface area contributed by atoms with Gasteiger partial charge in [-0.25, -0.2) is 4.68 Å². The van der Waals surface area contributed by atoms with Gasteiger partial charge in [0.15, 0.2) is 0 Å². The van der Waals surface area contributed by atoms with E-state index in [9.17, 15) is 18.0 Å². The van der Waals surface area contributed by atoms with Crippen LogP contribution in [0.15, 0.2) is 15.5 Å². The summed E-state index contributed by atoms with van der Waals surface area (Å²) in [5, 5.41) is 3.55. The van der Waals surface area contributed by atoms with Crippen LogP contribution in [0.1, 0.15) is 6.92 Å². The van der Waals surface area contributed by atoms with Gasteiger partial charge in [-0.1, -0.05) is 0 Å². The van der Waals surface area contributed by atoms with E-state index in [0.29, 0.717) is 30.0 Å². The Hall–Kier alpha value is -1.09. The second-order valence-electron chi connectivity index (χ2n) is 3.79. The van der Waals surface area contributed by atoms with Gasteiger partial charge in [-0.3, -0.25) is 4.79 Å². The van der Waals surface area contributed by atoms with Crippen LogP contribution in [0.2, 0.25) is 0 Å². The Morgan fingerprint density at radius 3 is 2.63 bits per heavy atom. The standard InChI is InChI=1S/C10H14BrF3N4O/c1-2-17(4-3-15)7-5-16-18(6-10(12,13)14)9(19)8(7)11/h5H,2-4,6,15H2,1H3. The molecule has 0 amide bonds. The molecule has 0 aliphatic rings. The molecule has 0 aliphatic carbocycles. The van der Waals surface area contributed by atoms with Crippen LogP contribution in [0, 0.1) is 0 Å². The number of hydrogen-bond donors (Lipinski definition) is 1. The molecule has 5 nitrogen and oxygen atoms in total. The van der Waals surface area contributed by atoms with Crippen molar-refractivity contribution in [2.24, 2.45) is 5.73 Å². The number of anilines is 1. The first kappa shape index (κ1) is 16.0. The Morgan fingerprint density at radius 1 is 1.53 bits per heavy atom. The van der Waals surface area contributed by atoms with Crippen molar-refractivity contribution in [1.82, 2.24) is 9.78 Å². The maximum Gasteiger partial charge on any atom is 0.408 e. The Bertz CT molecular complexity index is 489. The van der Waals surface area contributed by atoms with E-state index in [0.717, 1.165) is 0 Å². The molecule has 0 unspecified atom stereocenters. The summed E-state index contributed by atoms with van der Waals surface area (Å²) in [6, 6.07) is 0. The van der Waals surface area contributed by atoms with Gasteiger partial charge >= 0.3 is 6.18 Å². The van der Waals surface area contributed by atoms with Gasteiger partial charge in [0.2, 0.25) is 0 Å². The minimum absolute atomic E-state index is 0.0575. The fourth-order valence-corrected chi connectivity index (χ4v) is 2.12. The van der Waals surface area contributed by atoms with Gasteiger partial charge in [-0.05, 0) is 22.9 Å². The van der Waals surface area contributed by atoms with Crippen LogP contribution in [0.4, 0.5) is 18.9 Å². The molecule has 0 atom stereocenters. The summed E-state index contributed by atoms with van der Waals surface area (Å²) in [5.41, 5.74) is 5.06. The van der Waals surface area contributed by atoms with Crippen molar-refractivity contribution in [2.45, 2.75) is 19.6 Å². The van der Waals surface area contributed by atoms with Crippen LogP contribution in [-0.4, -0.2) is 35.6 Å². The third-order valence-electron chi connectivity index (χ3n) is 2.42. The summed E-state index contributed by atoms with van der Waals surface area (Å²) < 4.78 is 37.2. The minimum Gasteiger partial charge on any atom is -0.368 e. The zero-order valence-electron chi connectivity index (χ0n) is 10.2. The first-order valence-electron chi connectivity index (χ1n) is 5.57. The zero-order valence-corrected chi connectivity index (χ0v) is 11.8. The average Bonchev–Trinajstić information content (AvgIpc) is 2.31. The highest BCUT2D eigenvalue weighted by Gasteiger charge is 2.30. The van der Waals surface area contributed by atoms with Gasteiger partial charge < -0.3 is 10.6 Å². The molecule has 1 aromatic rings. The molecular weight excluding hydrogens is 329 g/mol. The van der Waals surface area contributed by atoms with Crippen LogP contribution < -0.4 is 16.2 Å². The molecular formula is C10H14BrF3N4O. The fraction of sp³-hybridized carbons (Fsp3) is 0.600. The first-order valence-corrected chi connectivity index (χ1v) is 6.36. The first-order chi connectivity index (χ1) is 8.80. The second-order valence-corrected chi connectivity index (χ2v) is 4.58. The van der Waals surface area contributed by atoms with Crippen molar-refractivity contribution in [3.63, 3.8) is 0 Å². The molecule has 19 heavy (non-hydrogen) atoms. The SMILES string of the molecule is CCN(CCN)c1cnn(CC(F)(F)F)c(=O)c1Br. The van der Waals surface area contributed by atoms with Gasteiger partial charge in [-0.15, -0.1) is 0 Å². The summed E-state index contributed by atoms with van der Waals surface area (Å²) in [6.07, 6.45) is -3.25. The molecule has 1 aromatic heterocycles. The third kappa shape index (κ3) is 4.20. The zero-order chi connectivity index (χ0) is 14.6. The van der Waals surface area contributed by atoms with Crippen molar-refractivity contribution in [2.75, 3.05) is 24.5 Å². The van der Waals surface area contributed by atoms with E-state index in [1.54, 1.807) is 4.90 Å². The fourth-order valence-electron chi connectivity index (χ4n) is 1.56. The Kier molecular flexibility index (Phi) is 5.36. The number of aromatic nitrogens is 2. The number of alkyl halides is 3. The van der Waals surface area contributed by atoms with Gasteiger partial charge in [0.1, 0.15) is 11.0 Å². The van der Waals surface area contributed by atoms with Gasteiger partial charge in [0, 0.05) is 19.6 Å². The molecule has 1 heterocycles. The number of hydrogen-bond acceptors (Lipinski definition) is 4. The lowest BCUT2D eigenvalue weighted by Gasteiger charge is -2.23. The van der Waals surface area contributed by atoms with E-state index in [4.69, 9.17) is 5.73 Å². The quantitative estimate of drug-likeness (QED) is 0.877. The highest BCUT2D eigenvalue weighted by Crippen LogP contribution is 2.22. The molecule has 0 spiro atoms. The number of rotatable bonds is 5. The van der Waals surface area contributed by atoms with Gasteiger partial charge in [0.05, 0.1) is 11.9 Å². The van der Waals surface area contributed by atoms with Crippen molar-refractivity contribution in [3.8, 4) is 0 Å². The van der Waals surface area contributed by atoms with Crippen LogP contribution in [0.3, 0.4) is 0 Å². The van der Waals surface area contributed by atoms with Gasteiger partial charge in [-0.2, -0.15) is 18.3 Å². The van der Waals surface area contributed by atoms with E-state index in [1.165, 1.54) is 6.20 Å². The predicted octanol–water partition coefficient (Wildman–Crippen LogP) is 1.35. The summed E-state index contributed by atoms with van der Waals surface area (Å²) in [5.74, 6) is 0. The van der Waals surface area contributed by atoms with Crippen molar-refractivity contribution in [3.05, 3.63) is 21.0 Å². The average molecular weight is 343 g/mol. The molecule has 0 saturated heterocycles. The third-order valence-corrected chi connectivity index (χ3v) is 3.16. The van der Waals surface area contributed by atoms with E-state index in [1.807, 2.05) is 6.92 Å². The molecule has 0 fully saturated rings. The Labute approximate surface area is 116 Å². The molecule has 0 bridgehead atoms. The molecule has 0 aromatic carbocycles. The van der Waals surface area contributed by atoms with E-state index in [2.05, 4.69) is 21.0 Å². The summed E-state index contributed by atoms with van der Waals surface area (Å²) in [7, 11) is 0. The maximum atomic E-state index is 12.3. The van der Waals surface area contributed by atoms with E-state index in [-0.39, 0.29) is 4.47 Å². The topological polar surface area (TPSA) is 64.2 Å². The van der Waals surface area contributed by atoms with Crippen molar-refractivity contribution < 1.29 is 13.2 Å². The number of halogens is 4. The molecule has 0 saturated carbocycles. The van der Waals surface area contributed by atoms with Crippen LogP contribution in [-0.2, 0) is 6.54 Å². The normalized spacial score (nSPS) is 11.7. The number of nitrogens with zero attached hydrogens (tertiary/aromatic N) is 3. The van der Waals surface area contributed by atoms with Crippen LogP contribution in [0.25, 0.3) is 0 Å². The largest absolute Gasteiger partial charge is 0.408 e. The molecule has 108 valence electrons. The lowest BCUT2D eigenvalue weighted by atomic mass is 10.3. The number of likely N-dealkylation sites (N-methyl/N-ethyl adjacent to an activating group) is 1. The van der Waals surface area contributed by atoms with Crippen molar-refractivity contribution in [1.29, 1.82) is 0 Å². The van der Waals surface area contributed by atoms with Crippen LogP contribution in [0.5, 0.6) is 0 Å². The minimum atomic E-state index is -4.49. The monoisotopic (exact) mass is 342 g/mol. The molecule has 2 N–H and O–H groups in total. The van der Waals surface area contributed by atoms with E-state index < -0.39 is 18.3 Å². The number of nitrogens with two attached hydrogens (primary N) is 1. The molecule has 0 radical (unpaired) electrons. The van der Waals surface area contributed by atoms with Gasteiger partial charge in [0.25, 0.3) is 5.56 Å². The molecule has 9 heteroatoms. The smallest absolute Gasteiger partial charge is 0.368 e. The Morgan fingerprint density at radius 2 is 2.16 bits per heavy atom. The summed E-state index contributed by atoms with van der Waals surface area (Å²) in [4.78, 5) is 13.5. The molecule has 0 aliphatic heterocycles. The lowest BCUT2D eigenvalue weighted by molar-refractivity contribution is -0.143. The molecule has 1 rings (SSSR count). The van der Waals surface area contributed by atoms with Crippen LogP contribution >= 0.6 is 15.9 Å². The maximum absolute atomic E-state index is 12.3. The summed E-state index contributed by atoms with van der Waals surface area (Å²) in [6.45, 7) is 1.86.